The van der Waals surface area contributed by atoms with E-state index in [9.17, 15) is 0 Å². The minimum Gasteiger partial charge on any atom is -0.327 e. The quantitative estimate of drug-likeness (QED) is 0.947. The van der Waals surface area contributed by atoms with Gasteiger partial charge in [-0.2, -0.15) is 0 Å². The van der Waals surface area contributed by atoms with Crippen molar-refractivity contribution in [2.24, 2.45) is 5.73 Å². The number of hydrogen-bond donors (Lipinski definition) is 1. The first kappa shape index (κ1) is 15.4. The first-order valence-corrected chi connectivity index (χ1v) is 7.67. The summed E-state index contributed by atoms with van der Waals surface area (Å²) in [5, 5.41) is 3.28. The predicted octanol–water partition coefficient (Wildman–Crippen LogP) is 3.16. The van der Waals surface area contributed by atoms with Crippen LogP contribution in [0, 0.1) is 0 Å². The number of rotatable bonds is 3. The van der Waals surface area contributed by atoms with E-state index in [1.165, 1.54) is 12.0 Å². The molecule has 1 aromatic carbocycles. The van der Waals surface area contributed by atoms with E-state index in [1.807, 2.05) is 6.07 Å². The lowest BCUT2D eigenvalue weighted by Crippen LogP contribution is -2.42. The van der Waals surface area contributed by atoms with E-state index in [0.29, 0.717) is 6.04 Å². The summed E-state index contributed by atoms with van der Waals surface area (Å²) >= 11 is 1.72. The number of aromatic nitrogens is 1. The van der Waals surface area contributed by atoms with E-state index >= 15 is 0 Å². The van der Waals surface area contributed by atoms with Gasteiger partial charge in [0.1, 0.15) is 5.01 Å². The van der Waals surface area contributed by atoms with E-state index in [4.69, 9.17) is 10.7 Å². The van der Waals surface area contributed by atoms with E-state index in [2.05, 4.69) is 34.5 Å². The SMILES string of the molecule is Cl.NC1CCCN(Cc2csc(-c3ccccc3)n2)C1. The van der Waals surface area contributed by atoms with Crippen molar-refractivity contribution >= 4 is 23.7 Å². The molecule has 108 valence electrons. The molecule has 3 rings (SSSR count). The fourth-order valence-electron chi connectivity index (χ4n) is 2.56. The van der Waals surface area contributed by atoms with E-state index in [-0.39, 0.29) is 12.4 Å². The van der Waals surface area contributed by atoms with Crippen molar-refractivity contribution in [3.63, 3.8) is 0 Å². The van der Waals surface area contributed by atoms with Crippen LogP contribution in [0.1, 0.15) is 18.5 Å². The highest BCUT2D eigenvalue weighted by Gasteiger charge is 2.17. The Morgan fingerprint density at radius 1 is 1.30 bits per heavy atom. The first-order valence-electron chi connectivity index (χ1n) is 6.79. The second-order valence-electron chi connectivity index (χ2n) is 5.15. The lowest BCUT2D eigenvalue weighted by atomic mass is 10.1. The van der Waals surface area contributed by atoms with Crippen LogP contribution in [-0.2, 0) is 6.54 Å². The lowest BCUT2D eigenvalue weighted by Gasteiger charge is -2.29. The zero-order valence-corrected chi connectivity index (χ0v) is 13.0. The van der Waals surface area contributed by atoms with Gasteiger partial charge < -0.3 is 5.73 Å². The van der Waals surface area contributed by atoms with Gasteiger partial charge in [-0.3, -0.25) is 4.90 Å². The Bertz CT molecular complexity index is 529. The molecule has 1 aromatic heterocycles. The maximum Gasteiger partial charge on any atom is 0.123 e. The van der Waals surface area contributed by atoms with Crippen molar-refractivity contribution < 1.29 is 0 Å². The highest BCUT2D eigenvalue weighted by Crippen LogP contribution is 2.24. The minimum atomic E-state index is 0. The predicted molar refractivity (Wildman–Crippen MR) is 87.3 cm³/mol. The fraction of sp³-hybridized carbons (Fsp3) is 0.400. The Labute approximate surface area is 130 Å². The van der Waals surface area contributed by atoms with Gasteiger partial charge in [0, 0.05) is 30.1 Å². The zero-order valence-electron chi connectivity index (χ0n) is 11.4. The summed E-state index contributed by atoms with van der Waals surface area (Å²) in [5.74, 6) is 0. The van der Waals surface area contributed by atoms with E-state index < -0.39 is 0 Å². The summed E-state index contributed by atoms with van der Waals surface area (Å²) in [6.45, 7) is 3.07. The Morgan fingerprint density at radius 2 is 2.10 bits per heavy atom. The summed E-state index contributed by atoms with van der Waals surface area (Å²) in [4.78, 5) is 7.15. The average Bonchev–Trinajstić information content (AvgIpc) is 2.88. The molecule has 0 bridgehead atoms. The van der Waals surface area contributed by atoms with Crippen LogP contribution in [0.5, 0.6) is 0 Å². The van der Waals surface area contributed by atoms with Crippen molar-refractivity contribution in [2.45, 2.75) is 25.4 Å². The van der Waals surface area contributed by atoms with Crippen LogP contribution in [0.15, 0.2) is 35.7 Å². The van der Waals surface area contributed by atoms with Gasteiger partial charge in [0.2, 0.25) is 0 Å². The molecule has 5 heteroatoms. The number of thiazole rings is 1. The molecule has 0 radical (unpaired) electrons. The van der Waals surface area contributed by atoms with Crippen LogP contribution < -0.4 is 5.73 Å². The van der Waals surface area contributed by atoms with Crippen molar-refractivity contribution in [2.75, 3.05) is 13.1 Å². The molecule has 1 aliphatic heterocycles. The third-order valence-corrected chi connectivity index (χ3v) is 4.44. The molecule has 0 saturated carbocycles. The number of halogens is 1. The molecular formula is C15H20ClN3S. The van der Waals surface area contributed by atoms with Crippen molar-refractivity contribution in [3.05, 3.63) is 41.4 Å². The van der Waals surface area contributed by atoms with Gasteiger partial charge in [-0.05, 0) is 19.4 Å². The maximum atomic E-state index is 6.02. The van der Waals surface area contributed by atoms with Gasteiger partial charge in [-0.1, -0.05) is 30.3 Å². The molecule has 1 saturated heterocycles. The summed E-state index contributed by atoms with van der Waals surface area (Å²) < 4.78 is 0. The summed E-state index contributed by atoms with van der Waals surface area (Å²) in [6.07, 6.45) is 2.36. The van der Waals surface area contributed by atoms with E-state index in [1.54, 1.807) is 11.3 Å². The third-order valence-electron chi connectivity index (χ3n) is 3.50. The summed E-state index contributed by atoms with van der Waals surface area (Å²) in [5.41, 5.74) is 8.38. The molecule has 2 N–H and O–H groups in total. The molecule has 1 unspecified atom stereocenters. The number of piperidine rings is 1. The van der Waals surface area contributed by atoms with Crippen LogP contribution in [0.3, 0.4) is 0 Å². The number of nitrogens with zero attached hydrogens (tertiary/aromatic N) is 2. The third kappa shape index (κ3) is 3.79. The molecule has 1 aliphatic rings. The number of benzene rings is 1. The van der Waals surface area contributed by atoms with Gasteiger partial charge in [-0.15, -0.1) is 23.7 Å². The second kappa shape index (κ2) is 7.18. The number of nitrogens with two attached hydrogens (primary N) is 1. The standard InChI is InChI=1S/C15H19N3S.ClH/c16-13-7-4-8-18(9-13)10-14-11-19-15(17-14)12-5-2-1-3-6-12;/h1-3,5-6,11,13H,4,7-10,16H2;1H. The first-order chi connectivity index (χ1) is 9.31. The Hall–Kier alpha value is -0.940. The average molecular weight is 310 g/mol. The van der Waals surface area contributed by atoms with Crippen LogP contribution in [0.2, 0.25) is 0 Å². The van der Waals surface area contributed by atoms with Gasteiger partial charge in [0.25, 0.3) is 0 Å². The van der Waals surface area contributed by atoms with Crippen LogP contribution in [0.4, 0.5) is 0 Å². The molecular weight excluding hydrogens is 290 g/mol. The van der Waals surface area contributed by atoms with Gasteiger partial charge in [-0.25, -0.2) is 4.98 Å². The summed E-state index contributed by atoms with van der Waals surface area (Å²) in [6, 6.07) is 10.7. The van der Waals surface area contributed by atoms with Crippen LogP contribution >= 0.6 is 23.7 Å². The Morgan fingerprint density at radius 3 is 2.85 bits per heavy atom. The number of likely N-dealkylation sites (tertiary alicyclic amines) is 1. The monoisotopic (exact) mass is 309 g/mol. The highest BCUT2D eigenvalue weighted by molar-refractivity contribution is 7.13. The molecule has 1 atom stereocenters. The van der Waals surface area contributed by atoms with Crippen molar-refractivity contribution in [1.82, 2.24) is 9.88 Å². The second-order valence-corrected chi connectivity index (χ2v) is 6.01. The number of hydrogen-bond acceptors (Lipinski definition) is 4. The Balaban J connectivity index is 0.00000147. The van der Waals surface area contributed by atoms with Gasteiger partial charge in [0.05, 0.1) is 5.69 Å². The largest absolute Gasteiger partial charge is 0.327 e. The molecule has 20 heavy (non-hydrogen) atoms. The smallest absolute Gasteiger partial charge is 0.123 e. The lowest BCUT2D eigenvalue weighted by molar-refractivity contribution is 0.200. The molecule has 2 aromatic rings. The highest BCUT2D eigenvalue weighted by atomic mass is 35.5. The van der Waals surface area contributed by atoms with Crippen LogP contribution in [0.25, 0.3) is 10.6 Å². The molecule has 0 aliphatic carbocycles. The molecule has 2 heterocycles. The maximum absolute atomic E-state index is 6.02. The topological polar surface area (TPSA) is 42.1 Å². The molecule has 0 amide bonds. The van der Waals surface area contributed by atoms with Crippen molar-refractivity contribution in [1.29, 1.82) is 0 Å². The van der Waals surface area contributed by atoms with E-state index in [0.717, 1.165) is 36.8 Å². The summed E-state index contributed by atoms with van der Waals surface area (Å²) in [7, 11) is 0. The van der Waals surface area contributed by atoms with Crippen LogP contribution in [-0.4, -0.2) is 29.0 Å². The van der Waals surface area contributed by atoms with Gasteiger partial charge >= 0.3 is 0 Å². The van der Waals surface area contributed by atoms with Gasteiger partial charge in [0.15, 0.2) is 0 Å². The zero-order chi connectivity index (χ0) is 13.1. The Kier molecular flexibility index (Phi) is 5.54. The molecule has 3 nitrogen and oxygen atoms in total. The fourth-order valence-corrected chi connectivity index (χ4v) is 3.37. The minimum absolute atomic E-state index is 0. The molecule has 0 spiro atoms. The normalized spacial score (nSPS) is 19.6. The molecule has 1 fully saturated rings. The van der Waals surface area contributed by atoms with Crippen molar-refractivity contribution in [3.8, 4) is 10.6 Å².